The summed E-state index contributed by atoms with van der Waals surface area (Å²) < 4.78 is 5.75. The molecule has 2 amide bonds. The summed E-state index contributed by atoms with van der Waals surface area (Å²) in [6.07, 6.45) is 7.14. The first-order chi connectivity index (χ1) is 20.5. The van der Waals surface area contributed by atoms with Crippen molar-refractivity contribution in [3.63, 3.8) is 0 Å². The standard InChI is InChI=1S/C33H37N5O4/c34-35-21-24-11-13-25(14-12-24)32(40)36-27-15-16-29-26(19-27)22-38(18-17-23-7-3-1-4-8-23)33(41)30(37-29)20-31(39)42-28-9-5-2-6-10-28/h1,3-4,7-8,11-16,19,21,28,30,37H,2,5-6,9-10,17-18,20,22,34H2,(H,36,40). The number of hydrazone groups is 1. The van der Waals surface area contributed by atoms with Crippen LogP contribution in [0.2, 0.25) is 0 Å². The number of rotatable bonds is 9. The van der Waals surface area contributed by atoms with Crippen LogP contribution in [0.15, 0.2) is 77.9 Å². The molecule has 0 spiro atoms. The van der Waals surface area contributed by atoms with E-state index in [1.165, 1.54) is 12.6 Å². The first-order valence-electron chi connectivity index (χ1n) is 14.5. The van der Waals surface area contributed by atoms with Gasteiger partial charge in [0.05, 0.1) is 12.6 Å². The molecule has 9 heteroatoms. The van der Waals surface area contributed by atoms with Gasteiger partial charge in [-0.25, -0.2) is 0 Å². The number of ether oxygens (including phenoxy) is 1. The van der Waals surface area contributed by atoms with Crippen LogP contribution in [0.3, 0.4) is 0 Å². The quantitative estimate of drug-likeness (QED) is 0.147. The van der Waals surface area contributed by atoms with Crippen LogP contribution in [0.5, 0.6) is 0 Å². The number of anilines is 2. The van der Waals surface area contributed by atoms with E-state index in [0.29, 0.717) is 30.8 Å². The van der Waals surface area contributed by atoms with E-state index in [9.17, 15) is 14.4 Å². The summed E-state index contributed by atoms with van der Waals surface area (Å²) in [6.45, 7) is 0.839. The number of carbonyl (C=O) groups is 3. The summed E-state index contributed by atoms with van der Waals surface area (Å²) >= 11 is 0. The molecule has 42 heavy (non-hydrogen) atoms. The maximum absolute atomic E-state index is 13.8. The number of carbonyl (C=O) groups excluding carboxylic acids is 3. The van der Waals surface area contributed by atoms with Crippen molar-refractivity contribution >= 4 is 35.4 Å². The molecule has 1 aliphatic carbocycles. The molecule has 9 nitrogen and oxygen atoms in total. The summed E-state index contributed by atoms with van der Waals surface area (Å²) in [6, 6.07) is 21.7. The van der Waals surface area contributed by atoms with Crippen molar-refractivity contribution in [1.29, 1.82) is 0 Å². The Labute approximate surface area is 246 Å². The molecule has 3 aromatic carbocycles. The second kappa shape index (κ2) is 13.8. The van der Waals surface area contributed by atoms with Crippen LogP contribution >= 0.6 is 0 Å². The Bertz CT molecular complexity index is 1420. The maximum Gasteiger partial charge on any atom is 0.308 e. The Morgan fingerprint density at radius 3 is 2.52 bits per heavy atom. The lowest BCUT2D eigenvalue weighted by Gasteiger charge is -2.26. The van der Waals surface area contributed by atoms with Crippen LogP contribution in [0.25, 0.3) is 0 Å². The average Bonchev–Trinajstić information content (AvgIpc) is 3.13. The molecule has 1 saturated carbocycles. The zero-order valence-corrected chi connectivity index (χ0v) is 23.6. The molecule has 1 heterocycles. The van der Waals surface area contributed by atoms with Gasteiger partial charge in [0.15, 0.2) is 0 Å². The molecule has 5 rings (SSSR count). The van der Waals surface area contributed by atoms with Crippen molar-refractivity contribution in [2.75, 3.05) is 17.2 Å². The van der Waals surface area contributed by atoms with E-state index in [4.69, 9.17) is 10.6 Å². The van der Waals surface area contributed by atoms with Gasteiger partial charge in [-0.15, -0.1) is 0 Å². The van der Waals surface area contributed by atoms with Crippen LogP contribution in [-0.4, -0.2) is 47.6 Å². The predicted octanol–water partition coefficient (Wildman–Crippen LogP) is 4.86. The highest BCUT2D eigenvalue weighted by Gasteiger charge is 2.32. The molecule has 1 atom stereocenters. The fourth-order valence-corrected chi connectivity index (χ4v) is 5.53. The van der Waals surface area contributed by atoms with Gasteiger partial charge >= 0.3 is 5.97 Å². The van der Waals surface area contributed by atoms with E-state index in [-0.39, 0.29) is 30.3 Å². The van der Waals surface area contributed by atoms with E-state index in [2.05, 4.69) is 15.7 Å². The third kappa shape index (κ3) is 7.54. The first-order valence-corrected chi connectivity index (χ1v) is 14.5. The van der Waals surface area contributed by atoms with E-state index < -0.39 is 6.04 Å². The second-order valence-electron chi connectivity index (χ2n) is 10.9. The Hall–Kier alpha value is -4.66. The minimum atomic E-state index is -0.742. The number of hydrogen-bond donors (Lipinski definition) is 3. The number of esters is 1. The van der Waals surface area contributed by atoms with Crippen LogP contribution in [0.1, 0.15) is 65.6 Å². The van der Waals surface area contributed by atoms with Gasteiger partial charge in [0.25, 0.3) is 5.91 Å². The van der Waals surface area contributed by atoms with Crippen molar-refractivity contribution in [3.05, 3.63) is 95.1 Å². The fraction of sp³-hybridized carbons (Fsp3) is 0.333. The first kappa shape index (κ1) is 28.9. The normalized spacial score (nSPS) is 17.3. The maximum atomic E-state index is 13.8. The number of benzene rings is 3. The van der Waals surface area contributed by atoms with Crippen LogP contribution in [0, 0.1) is 0 Å². The lowest BCUT2D eigenvalue weighted by molar-refractivity contribution is -0.152. The van der Waals surface area contributed by atoms with Crippen molar-refractivity contribution in [1.82, 2.24) is 4.90 Å². The highest BCUT2D eigenvalue weighted by molar-refractivity contribution is 6.04. The highest BCUT2D eigenvalue weighted by atomic mass is 16.5. The van der Waals surface area contributed by atoms with E-state index in [1.807, 2.05) is 42.5 Å². The minimum Gasteiger partial charge on any atom is -0.462 e. The van der Waals surface area contributed by atoms with Crippen molar-refractivity contribution < 1.29 is 19.1 Å². The molecule has 0 bridgehead atoms. The van der Waals surface area contributed by atoms with Crippen molar-refractivity contribution in [2.45, 2.75) is 63.6 Å². The zero-order chi connectivity index (χ0) is 29.3. The van der Waals surface area contributed by atoms with Gasteiger partial charge in [-0.3, -0.25) is 14.4 Å². The molecule has 1 aliphatic heterocycles. The van der Waals surface area contributed by atoms with Gasteiger partial charge < -0.3 is 26.1 Å². The molecule has 1 fully saturated rings. The van der Waals surface area contributed by atoms with E-state index >= 15 is 0 Å². The van der Waals surface area contributed by atoms with Gasteiger partial charge in [0.1, 0.15) is 12.1 Å². The minimum absolute atomic E-state index is 0.0417. The summed E-state index contributed by atoms with van der Waals surface area (Å²) in [5.41, 5.74) is 4.63. The molecule has 1 unspecified atom stereocenters. The van der Waals surface area contributed by atoms with Gasteiger partial charge in [-0.1, -0.05) is 48.9 Å². The molecular weight excluding hydrogens is 530 g/mol. The fourth-order valence-electron chi connectivity index (χ4n) is 5.53. The van der Waals surface area contributed by atoms with Crippen LogP contribution in [0.4, 0.5) is 11.4 Å². The monoisotopic (exact) mass is 567 g/mol. The smallest absolute Gasteiger partial charge is 0.308 e. The predicted molar refractivity (Wildman–Crippen MR) is 163 cm³/mol. The molecule has 4 N–H and O–H groups in total. The number of nitrogens with zero attached hydrogens (tertiary/aromatic N) is 2. The average molecular weight is 568 g/mol. The SMILES string of the molecule is NN=Cc1ccc(C(=O)Nc2ccc3c(c2)CN(CCc2ccccc2)C(=O)C(CC(=O)OC2CCCCC2)N3)cc1. The number of fused-ring (bicyclic) bond motifs is 1. The second-order valence-corrected chi connectivity index (χ2v) is 10.9. The summed E-state index contributed by atoms with van der Waals surface area (Å²) in [7, 11) is 0. The van der Waals surface area contributed by atoms with Crippen LogP contribution < -0.4 is 16.5 Å². The van der Waals surface area contributed by atoms with Crippen LogP contribution in [-0.2, 0) is 27.3 Å². The molecular formula is C33H37N5O4. The third-order valence-electron chi connectivity index (χ3n) is 7.79. The molecule has 0 radical (unpaired) electrons. The molecule has 2 aliphatic rings. The highest BCUT2D eigenvalue weighted by Crippen LogP contribution is 2.28. The lowest BCUT2D eigenvalue weighted by Crippen LogP contribution is -2.43. The Morgan fingerprint density at radius 2 is 1.79 bits per heavy atom. The topological polar surface area (TPSA) is 126 Å². The zero-order valence-electron chi connectivity index (χ0n) is 23.6. The number of nitrogens with two attached hydrogens (primary N) is 1. The summed E-state index contributed by atoms with van der Waals surface area (Å²) in [4.78, 5) is 41.4. The molecule has 218 valence electrons. The lowest BCUT2D eigenvalue weighted by atomic mass is 9.98. The Balaban J connectivity index is 1.33. The van der Waals surface area contributed by atoms with Crippen molar-refractivity contribution in [3.8, 4) is 0 Å². The van der Waals surface area contributed by atoms with E-state index in [0.717, 1.165) is 48.1 Å². The summed E-state index contributed by atoms with van der Waals surface area (Å²) in [5, 5.41) is 9.76. The molecule has 3 aromatic rings. The van der Waals surface area contributed by atoms with Gasteiger partial charge in [0, 0.05) is 30.0 Å². The van der Waals surface area contributed by atoms with Gasteiger partial charge in [-0.05, 0) is 79.1 Å². The van der Waals surface area contributed by atoms with Gasteiger partial charge in [0.2, 0.25) is 5.91 Å². The van der Waals surface area contributed by atoms with Gasteiger partial charge in [-0.2, -0.15) is 5.10 Å². The largest absolute Gasteiger partial charge is 0.462 e. The van der Waals surface area contributed by atoms with Crippen molar-refractivity contribution in [2.24, 2.45) is 10.9 Å². The number of nitrogens with one attached hydrogen (secondary N) is 2. The summed E-state index contributed by atoms with van der Waals surface area (Å²) in [5.74, 6) is 4.45. The number of hydrogen-bond acceptors (Lipinski definition) is 7. The molecule has 0 aromatic heterocycles. The number of amides is 2. The molecule has 0 saturated heterocycles. The van der Waals surface area contributed by atoms with E-state index in [1.54, 1.807) is 35.2 Å². The Morgan fingerprint density at radius 1 is 1.02 bits per heavy atom. The third-order valence-corrected chi connectivity index (χ3v) is 7.79. The Kier molecular flexibility index (Phi) is 9.48.